The number of carbonyl (C=O) groups is 2. The summed E-state index contributed by atoms with van der Waals surface area (Å²) in [7, 11) is 2.08. The third-order valence-corrected chi connectivity index (χ3v) is 4.71. The van der Waals surface area contributed by atoms with Gasteiger partial charge in [-0.05, 0) is 31.3 Å². The van der Waals surface area contributed by atoms with E-state index in [0.717, 1.165) is 30.7 Å². The van der Waals surface area contributed by atoms with E-state index in [1.165, 1.54) is 4.90 Å². The molecular formula is C15H18BrN3O2. The first-order valence-electron chi connectivity index (χ1n) is 7.11. The lowest BCUT2D eigenvalue weighted by Crippen LogP contribution is -2.51. The zero-order chi connectivity index (χ0) is 15.0. The van der Waals surface area contributed by atoms with E-state index in [-0.39, 0.29) is 17.9 Å². The summed E-state index contributed by atoms with van der Waals surface area (Å²) in [6, 6.07) is 6.99. The Bertz CT molecular complexity index is 553. The fraction of sp³-hybridized carbons (Fsp3) is 0.467. The molecule has 0 aromatic heterocycles. The number of imide groups is 1. The number of anilines is 1. The van der Waals surface area contributed by atoms with Crippen molar-refractivity contribution < 1.29 is 9.59 Å². The summed E-state index contributed by atoms with van der Waals surface area (Å²) in [6.07, 6.45) is 0.290. The summed E-state index contributed by atoms with van der Waals surface area (Å²) in [6.45, 7) is 3.56. The minimum Gasteiger partial charge on any atom is -0.304 e. The van der Waals surface area contributed by atoms with Gasteiger partial charge < -0.3 is 4.90 Å². The van der Waals surface area contributed by atoms with Crippen molar-refractivity contribution in [1.29, 1.82) is 0 Å². The Balaban J connectivity index is 1.77. The van der Waals surface area contributed by atoms with Crippen LogP contribution in [0.2, 0.25) is 0 Å². The Morgan fingerprint density at radius 3 is 2.29 bits per heavy atom. The predicted octanol–water partition coefficient (Wildman–Crippen LogP) is 1.33. The minimum atomic E-state index is -0.296. The number of hydrogen-bond acceptors (Lipinski definition) is 4. The van der Waals surface area contributed by atoms with Crippen LogP contribution in [-0.2, 0) is 9.59 Å². The lowest BCUT2D eigenvalue weighted by Gasteiger charge is -2.35. The monoisotopic (exact) mass is 351 g/mol. The number of carbonyl (C=O) groups excluding carboxylic acids is 2. The molecule has 112 valence electrons. The van der Waals surface area contributed by atoms with Gasteiger partial charge in [0.05, 0.1) is 18.2 Å². The fourth-order valence-corrected chi connectivity index (χ4v) is 3.16. The number of benzene rings is 1. The normalized spacial score (nSPS) is 24.9. The van der Waals surface area contributed by atoms with Crippen LogP contribution in [0.5, 0.6) is 0 Å². The third kappa shape index (κ3) is 2.88. The largest absolute Gasteiger partial charge is 0.304 e. The van der Waals surface area contributed by atoms with E-state index >= 15 is 0 Å². The topological polar surface area (TPSA) is 43.9 Å². The van der Waals surface area contributed by atoms with Gasteiger partial charge in [0.1, 0.15) is 0 Å². The van der Waals surface area contributed by atoms with Crippen molar-refractivity contribution in [2.24, 2.45) is 0 Å². The Kier molecular flexibility index (Phi) is 4.10. The highest BCUT2D eigenvalue weighted by Gasteiger charge is 2.43. The van der Waals surface area contributed by atoms with Crippen molar-refractivity contribution in [1.82, 2.24) is 9.80 Å². The summed E-state index contributed by atoms with van der Waals surface area (Å²) in [5.74, 6) is -0.196. The average molecular weight is 352 g/mol. The van der Waals surface area contributed by atoms with E-state index in [1.54, 1.807) is 12.1 Å². The maximum atomic E-state index is 12.6. The molecule has 5 nitrogen and oxygen atoms in total. The van der Waals surface area contributed by atoms with Gasteiger partial charge in [0.25, 0.3) is 5.91 Å². The van der Waals surface area contributed by atoms with Crippen molar-refractivity contribution in [3.05, 3.63) is 28.7 Å². The highest BCUT2D eigenvalue weighted by Crippen LogP contribution is 2.27. The second-order valence-electron chi connectivity index (χ2n) is 5.60. The number of halogens is 1. The maximum Gasteiger partial charge on any atom is 0.251 e. The average Bonchev–Trinajstić information content (AvgIpc) is 2.76. The SMILES string of the molecule is CN1CCN([C@@H]2CC(=O)N(c3ccc(Br)cc3)C2=O)CC1. The van der Waals surface area contributed by atoms with Crippen LogP contribution in [0.1, 0.15) is 6.42 Å². The minimum absolute atomic E-state index is 0.0909. The first-order valence-corrected chi connectivity index (χ1v) is 7.90. The Morgan fingerprint density at radius 1 is 1.05 bits per heavy atom. The van der Waals surface area contributed by atoms with Crippen LogP contribution in [0, 0.1) is 0 Å². The Labute approximate surface area is 132 Å². The van der Waals surface area contributed by atoms with Crippen LogP contribution >= 0.6 is 15.9 Å². The summed E-state index contributed by atoms with van der Waals surface area (Å²) in [5, 5.41) is 0. The summed E-state index contributed by atoms with van der Waals surface area (Å²) >= 11 is 3.36. The molecule has 0 unspecified atom stereocenters. The van der Waals surface area contributed by atoms with Gasteiger partial charge in [-0.1, -0.05) is 15.9 Å². The van der Waals surface area contributed by atoms with Gasteiger partial charge >= 0.3 is 0 Å². The van der Waals surface area contributed by atoms with E-state index in [4.69, 9.17) is 0 Å². The molecule has 6 heteroatoms. The first kappa shape index (κ1) is 14.7. The first-order chi connectivity index (χ1) is 10.1. The molecule has 2 aliphatic heterocycles. The van der Waals surface area contributed by atoms with Crippen molar-refractivity contribution in [3.8, 4) is 0 Å². The maximum absolute atomic E-state index is 12.6. The molecule has 0 saturated carbocycles. The Hall–Kier alpha value is -1.24. The molecule has 21 heavy (non-hydrogen) atoms. The van der Waals surface area contributed by atoms with Crippen LogP contribution in [0.15, 0.2) is 28.7 Å². The second-order valence-corrected chi connectivity index (χ2v) is 6.52. The van der Waals surface area contributed by atoms with Gasteiger partial charge in [0.15, 0.2) is 0 Å². The number of hydrogen-bond donors (Lipinski definition) is 0. The molecule has 2 fully saturated rings. The van der Waals surface area contributed by atoms with Crippen LogP contribution < -0.4 is 4.90 Å². The summed E-state index contributed by atoms with van der Waals surface area (Å²) < 4.78 is 0.931. The quantitative estimate of drug-likeness (QED) is 0.754. The summed E-state index contributed by atoms with van der Waals surface area (Å²) in [4.78, 5) is 30.6. The Morgan fingerprint density at radius 2 is 1.67 bits per heavy atom. The fourth-order valence-electron chi connectivity index (χ4n) is 2.90. The van der Waals surface area contributed by atoms with Gasteiger partial charge in [-0.2, -0.15) is 0 Å². The molecular weight excluding hydrogens is 334 g/mol. The predicted molar refractivity (Wildman–Crippen MR) is 84.1 cm³/mol. The number of rotatable bonds is 2. The van der Waals surface area contributed by atoms with E-state index in [0.29, 0.717) is 12.1 Å². The van der Waals surface area contributed by atoms with Gasteiger partial charge in [-0.15, -0.1) is 0 Å². The summed E-state index contributed by atoms with van der Waals surface area (Å²) in [5.41, 5.74) is 0.657. The van der Waals surface area contributed by atoms with Gasteiger partial charge in [0, 0.05) is 30.7 Å². The molecule has 3 rings (SSSR count). The second kappa shape index (κ2) is 5.87. The molecule has 0 N–H and O–H groups in total. The third-order valence-electron chi connectivity index (χ3n) is 4.19. The molecule has 0 spiro atoms. The molecule has 2 aliphatic rings. The standard InChI is InChI=1S/C15H18BrN3O2/c1-17-6-8-18(9-7-17)13-10-14(20)19(15(13)21)12-4-2-11(16)3-5-12/h2-5,13H,6-10H2,1H3/t13-/m1/s1. The molecule has 0 radical (unpaired) electrons. The molecule has 0 bridgehead atoms. The lowest BCUT2D eigenvalue weighted by molar-refractivity contribution is -0.123. The van der Waals surface area contributed by atoms with Crippen LogP contribution in [0.4, 0.5) is 5.69 Å². The number of piperazine rings is 1. The van der Waals surface area contributed by atoms with Crippen LogP contribution in [0.25, 0.3) is 0 Å². The van der Waals surface area contributed by atoms with Crippen LogP contribution in [-0.4, -0.2) is 60.9 Å². The molecule has 1 aromatic rings. The van der Waals surface area contributed by atoms with Crippen molar-refractivity contribution in [2.45, 2.75) is 12.5 Å². The highest BCUT2D eigenvalue weighted by atomic mass is 79.9. The molecule has 2 amide bonds. The smallest absolute Gasteiger partial charge is 0.251 e. The molecule has 0 aliphatic carbocycles. The molecule has 2 heterocycles. The zero-order valence-corrected chi connectivity index (χ0v) is 13.5. The van der Waals surface area contributed by atoms with Gasteiger partial charge in [0.2, 0.25) is 5.91 Å². The zero-order valence-electron chi connectivity index (χ0n) is 12.0. The van der Waals surface area contributed by atoms with E-state index in [2.05, 4.69) is 32.8 Å². The van der Waals surface area contributed by atoms with E-state index in [9.17, 15) is 9.59 Å². The molecule has 1 atom stereocenters. The molecule has 1 aromatic carbocycles. The highest BCUT2D eigenvalue weighted by molar-refractivity contribution is 9.10. The number of likely N-dealkylation sites (N-methyl/N-ethyl adjacent to an activating group) is 1. The van der Waals surface area contributed by atoms with E-state index < -0.39 is 0 Å². The van der Waals surface area contributed by atoms with Crippen molar-refractivity contribution >= 4 is 33.4 Å². The van der Waals surface area contributed by atoms with E-state index in [1.807, 2.05) is 12.1 Å². The number of amides is 2. The van der Waals surface area contributed by atoms with Gasteiger partial charge in [-0.25, -0.2) is 4.90 Å². The van der Waals surface area contributed by atoms with Crippen molar-refractivity contribution in [2.75, 3.05) is 38.1 Å². The lowest BCUT2D eigenvalue weighted by atomic mass is 10.2. The number of nitrogens with zero attached hydrogens (tertiary/aromatic N) is 3. The van der Waals surface area contributed by atoms with Crippen LogP contribution in [0.3, 0.4) is 0 Å². The molecule has 2 saturated heterocycles. The van der Waals surface area contributed by atoms with Gasteiger partial charge in [-0.3, -0.25) is 14.5 Å². The van der Waals surface area contributed by atoms with Crippen molar-refractivity contribution in [3.63, 3.8) is 0 Å².